The van der Waals surface area contributed by atoms with E-state index in [0.29, 0.717) is 16.8 Å². The minimum atomic E-state index is -4.16. The number of fused-ring (bicyclic) bond motifs is 1. The molecule has 2 heterocycles. The lowest BCUT2D eigenvalue weighted by Crippen LogP contribution is -2.10. The van der Waals surface area contributed by atoms with Gasteiger partial charge < -0.3 is 8.60 Å². The molecule has 0 amide bonds. The molecule has 4 rings (SSSR count). The van der Waals surface area contributed by atoms with Gasteiger partial charge in [-0.2, -0.15) is 13.4 Å². The number of hydrogen-bond acceptors (Lipinski definition) is 6. The first kappa shape index (κ1) is 17.2. The molecule has 0 radical (unpaired) electrons. The summed E-state index contributed by atoms with van der Waals surface area (Å²) in [5.41, 5.74) is 2.12. The van der Waals surface area contributed by atoms with Crippen molar-refractivity contribution in [3.63, 3.8) is 0 Å². The smallest absolute Gasteiger partial charge is 0.339 e. The Kier molecular flexibility index (Phi) is 4.12. The molecule has 6 nitrogen and oxygen atoms in total. The highest BCUT2D eigenvalue weighted by molar-refractivity contribution is 7.87. The monoisotopic (exact) mass is 384 g/mol. The summed E-state index contributed by atoms with van der Waals surface area (Å²) in [5, 5.41) is 0. The number of aromatic nitrogens is 2. The van der Waals surface area contributed by atoms with Crippen LogP contribution in [-0.2, 0) is 10.1 Å². The zero-order valence-corrected chi connectivity index (χ0v) is 14.9. The first-order chi connectivity index (χ1) is 12.9. The van der Waals surface area contributed by atoms with Crippen LogP contribution in [0.25, 0.3) is 22.7 Å². The minimum Gasteiger partial charge on any atom is -0.434 e. The molecule has 0 saturated heterocycles. The maximum absolute atomic E-state index is 13.1. The van der Waals surface area contributed by atoms with E-state index < -0.39 is 15.9 Å². The molecule has 0 aliphatic carbocycles. The second-order valence-electron chi connectivity index (χ2n) is 5.84. The number of hydrogen-bond donors (Lipinski definition) is 0. The van der Waals surface area contributed by atoms with Crippen molar-refractivity contribution in [2.75, 3.05) is 0 Å². The van der Waals surface area contributed by atoms with E-state index in [2.05, 4.69) is 9.97 Å². The van der Waals surface area contributed by atoms with Gasteiger partial charge in [-0.25, -0.2) is 9.37 Å². The summed E-state index contributed by atoms with van der Waals surface area (Å²) in [6.45, 7) is 1.85. The lowest BCUT2D eigenvalue weighted by atomic mass is 10.1. The van der Waals surface area contributed by atoms with Gasteiger partial charge in [-0.3, -0.25) is 0 Å². The Morgan fingerprint density at radius 2 is 1.85 bits per heavy atom. The summed E-state index contributed by atoms with van der Waals surface area (Å²) in [6, 6.07) is 12.8. The van der Waals surface area contributed by atoms with Crippen LogP contribution in [0, 0.1) is 12.7 Å². The number of oxazole rings is 1. The maximum atomic E-state index is 13.1. The zero-order valence-electron chi connectivity index (χ0n) is 14.1. The van der Waals surface area contributed by atoms with Gasteiger partial charge in [-0.15, -0.1) is 0 Å². The van der Waals surface area contributed by atoms with Crippen LogP contribution in [0.2, 0.25) is 0 Å². The van der Waals surface area contributed by atoms with E-state index in [0.717, 1.165) is 29.8 Å². The van der Waals surface area contributed by atoms with Crippen molar-refractivity contribution in [3.8, 4) is 17.2 Å². The van der Waals surface area contributed by atoms with Crippen LogP contribution in [0.15, 0.2) is 70.1 Å². The zero-order chi connectivity index (χ0) is 19.0. The molecule has 0 atom stereocenters. The fraction of sp³-hybridized carbons (Fsp3) is 0.0526. The molecule has 0 aliphatic rings. The number of pyridine rings is 1. The minimum absolute atomic E-state index is 0.0523. The van der Waals surface area contributed by atoms with E-state index in [9.17, 15) is 12.8 Å². The molecule has 0 aliphatic heterocycles. The highest BCUT2D eigenvalue weighted by Gasteiger charge is 2.21. The summed E-state index contributed by atoms with van der Waals surface area (Å²) in [4.78, 5) is 8.25. The average molecular weight is 384 g/mol. The van der Waals surface area contributed by atoms with Crippen molar-refractivity contribution < 1.29 is 21.4 Å². The van der Waals surface area contributed by atoms with Crippen LogP contribution in [0.5, 0.6) is 5.75 Å². The van der Waals surface area contributed by atoms with E-state index in [4.69, 9.17) is 8.60 Å². The molecule has 0 bridgehead atoms. The normalized spacial score (nSPS) is 11.6. The number of aryl methyl sites for hydroxylation is 1. The van der Waals surface area contributed by atoms with Crippen LogP contribution in [0.3, 0.4) is 0 Å². The van der Waals surface area contributed by atoms with E-state index in [1.807, 2.05) is 6.92 Å². The van der Waals surface area contributed by atoms with Gasteiger partial charge in [0, 0.05) is 6.20 Å². The highest BCUT2D eigenvalue weighted by Crippen LogP contribution is 2.34. The Morgan fingerprint density at radius 3 is 2.59 bits per heavy atom. The summed E-state index contributed by atoms with van der Waals surface area (Å²) >= 11 is 0. The number of benzene rings is 2. The lowest BCUT2D eigenvalue weighted by Gasteiger charge is -2.10. The van der Waals surface area contributed by atoms with E-state index in [1.54, 1.807) is 30.5 Å². The molecule has 27 heavy (non-hydrogen) atoms. The fourth-order valence-corrected chi connectivity index (χ4v) is 3.48. The van der Waals surface area contributed by atoms with Crippen LogP contribution in [0.1, 0.15) is 5.56 Å². The Bertz CT molecular complexity index is 1200. The van der Waals surface area contributed by atoms with Crippen LogP contribution in [-0.4, -0.2) is 18.4 Å². The molecule has 0 unspecified atom stereocenters. The van der Waals surface area contributed by atoms with Gasteiger partial charge in [-0.05, 0) is 55.5 Å². The Hall–Kier alpha value is -3.26. The second kappa shape index (κ2) is 6.48. The predicted octanol–water partition coefficient (Wildman–Crippen LogP) is 4.11. The van der Waals surface area contributed by atoms with Gasteiger partial charge in [0.1, 0.15) is 10.7 Å². The number of rotatable bonds is 4. The molecule has 0 N–H and O–H groups in total. The second-order valence-corrected chi connectivity index (χ2v) is 7.38. The number of nitrogens with zero attached hydrogens (tertiary/aromatic N) is 2. The van der Waals surface area contributed by atoms with Crippen LogP contribution in [0.4, 0.5) is 4.39 Å². The molecule has 8 heteroatoms. The van der Waals surface area contributed by atoms with Crippen molar-refractivity contribution in [2.24, 2.45) is 0 Å². The summed E-state index contributed by atoms with van der Waals surface area (Å²) in [6.07, 6.45) is 1.58. The number of halogens is 1. The van der Waals surface area contributed by atoms with Crippen molar-refractivity contribution in [1.29, 1.82) is 0 Å². The summed E-state index contributed by atoms with van der Waals surface area (Å²) in [5.74, 6) is -0.294. The van der Waals surface area contributed by atoms with Crippen molar-refractivity contribution >= 4 is 21.3 Å². The average Bonchev–Trinajstić information content (AvgIpc) is 3.07. The van der Waals surface area contributed by atoms with Gasteiger partial charge in [0.05, 0.1) is 5.56 Å². The predicted molar refractivity (Wildman–Crippen MR) is 96.2 cm³/mol. The lowest BCUT2D eigenvalue weighted by molar-refractivity contribution is 0.485. The summed E-state index contributed by atoms with van der Waals surface area (Å²) in [7, 11) is -4.16. The fourth-order valence-electron chi connectivity index (χ4n) is 2.54. The van der Waals surface area contributed by atoms with Crippen molar-refractivity contribution in [1.82, 2.24) is 9.97 Å². The molecule has 0 fully saturated rings. The van der Waals surface area contributed by atoms with Crippen LogP contribution < -0.4 is 4.18 Å². The van der Waals surface area contributed by atoms with Crippen molar-refractivity contribution in [3.05, 3.63) is 72.2 Å². The Balaban J connectivity index is 1.78. The first-order valence-corrected chi connectivity index (χ1v) is 9.36. The quantitative estimate of drug-likeness (QED) is 0.493. The maximum Gasteiger partial charge on any atom is 0.339 e. The molecule has 2 aromatic carbocycles. The Morgan fingerprint density at radius 1 is 1.07 bits per heavy atom. The topological polar surface area (TPSA) is 82.3 Å². The van der Waals surface area contributed by atoms with Gasteiger partial charge in [0.2, 0.25) is 5.89 Å². The van der Waals surface area contributed by atoms with E-state index in [-0.39, 0.29) is 16.5 Å². The SMILES string of the molecule is Cc1ccc(OS(=O)(=O)c2ccc(F)cc2)c(-c2nc3ncccc3o2)c1. The van der Waals surface area contributed by atoms with Gasteiger partial charge in [-0.1, -0.05) is 11.6 Å². The first-order valence-electron chi connectivity index (χ1n) is 7.95. The van der Waals surface area contributed by atoms with E-state index in [1.165, 1.54) is 6.07 Å². The van der Waals surface area contributed by atoms with Gasteiger partial charge >= 0.3 is 10.1 Å². The van der Waals surface area contributed by atoms with Gasteiger partial charge in [0.15, 0.2) is 17.0 Å². The van der Waals surface area contributed by atoms with E-state index >= 15 is 0 Å². The summed E-state index contributed by atoms with van der Waals surface area (Å²) < 4.78 is 49.1. The third kappa shape index (κ3) is 3.39. The molecule has 136 valence electrons. The third-order valence-corrected chi connectivity index (χ3v) is 5.08. The largest absolute Gasteiger partial charge is 0.434 e. The van der Waals surface area contributed by atoms with Gasteiger partial charge in [0.25, 0.3) is 0 Å². The van der Waals surface area contributed by atoms with Crippen LogP contribution >= 0.6 is 0 Å². The van der Waals surface area contributed by atoms with Crippen molar-refractivity contribution in [2.45, 2.75) is 11.8 Å². The third-order valence-electron chi connectivity index (χ3n) is 3.83. The molecular weight excluding hydrogens is 371 g/mol. The molecule has 2 aromatic heterocycles. The molecule has 0 saturated carbocycles. The molecular formula is C19H13FN2O4S. The standard InChI is InChI=1S/C19H13FN2O4S/c1-12-4-9-16(26-27(23,24)14-7-5-13(20)6-8-14)15(11-12)19-22-18-17(25-19)3-2-10-21-18/h2-11H,1H3. The highest BCUT2D eigenvalue weighted by atomic mass is 32.2. The molecule has 4 aromatic rings. The Labute approximate surface area is 154 Å². The molecule has 0 spiro atoms.